The number of aromatic nitrogens is 3. The minimum Gasteiger partial charge on any atom is -0.309 e. The quantitative estimate of drug-likeness (QED) is 0.386. The lowest BCUT2D eigenvalue weighted by Crippen LogP contribution is -2.35. The summed E-state index contributed by atoms with van der Waals surface area (Å²) in [6.45, 7) is 6.94. The Morgan fingerprint density at radius 2 is 1.68 bits per heavy atom. The fraction of sp³-hybridized carbons (Fsp3) is 0.250. The van der Waals surface area contributed by atoms with Crippen LogP contribution < -0.4 is 10.6 Å². The van der Waals surface area contributed by atoms with Crippen LogP contribution in [0.25, 0.3) is 11.1 Å². The summed E-state index contributed by atoms with van der Waals surface area (Å²) >= 11 is 0. The Hall–Kier alpha value is -3.77. The van der Waals surface area contributed by atoms with E-state index in [1.54, 1.807) is 6.20 Å². The van der Waals surface area contributed by atoms with Crippen molar-refractivity contribution in [3.8, 4) is 11.1 Å². The van der Waals surface area contributed by atoms with Crippen LogP contribution in [0.15, 0.2) is 79.1 Å². The van der Waals surface area contributed by atoms with E-state index in [4.69, 9.17) is 0 Å². The first-order valence-corrected chi connectivity index (χ1v) is 11.5. The number of pyridine rings is 1. The molecule has 0 aliphatic rings. The molecule has 4 aromatic rings. The largest absolute Gasteiger partial charge is 0.309 e. The minimum absolute atomic E-state index is 0.139. The number of anilines is 1. The molecular weight excluding hydrogens is 422 g/mol. The van der Waals surface area contributed by atoms with Crippen molar-refractivity contribution in [2.24, 2.45) is 7.05 Å². The lowest BCUT2D eigenvalue weighted by molar-refractivity contribution is -0.118. The van der Waals surface area contributed by atoms with Crippen LogP contribution in [0, 0.1) is 13.8 Å². The Morgan fingerprint density at radius 3 is 2.29 bits per heavy atom. The number of benzene rings is 2. The van der Waals surface area contributed by atoms with E-state index < -0.39 is 6.04 Å². The average molecular weight is 454 g/mol. The molecule has 4 rings (SSSR count). The molecule has 0 saturated carbocycles. The van der Waals surface area contributed by atoms with Crippen molar-refractivity contribution in [1.29, 1.82) is 0 Å². The van der Waals surface area contributed by atoms with E-state index in [0.717, 1.165) is 22.4 Å². The number of carbonyl (C=O) groups is 1. The van der Waals surface area contributed by atoms with Crippen molar-refractivity contribution in [1.82, 2.24) is 20.1 Å². The number of hydrogen-bond acceptors (Lipinski definition) is 4. The van der Waals surface area contributed by atoms with Gasteiger partial charge in [-0.25, -0.2) is 4.98 Å². The third-order valence-corrected chi connectivity index (χ3v) is 6.23. The highest BCUT2D eigenvalue weighted by Crippen LogP contribution is 2.24. The van der Waals surface area contributed by atoms with Crippen LogP contribution in [0.4, 0.5) is 5.82 Å². The summed E-state index contributed by atoms with van der Waals surface area (Å²) in [5.41, 5.74) is 6.46. The number of rotatable bonds is 8. The second-order valence-corrected chi connectivity index (χ2v) is 8.75. The summed E-state index contributed by atoms with van der Waals surface area (Å²) < 4.78 is 1.83. The fourth-order valence-electron chi connectivity index (χ4n) is 3.92. The third-order valence-electron chi connectivity index (χ3n) is 6.23. The SMILES string of the molecule is Cc1ccc([C@H](C)CN[C@@H](C(=O)Nc2ccc(-c3cnn(C)c3C)cn2)c2ccccc2)cc1. The molecule has 6 heteroatoms. The molecule has 1 amide bonds. The number of aryl methyl sites for hydroxylation is 2. The third kappa shape index (κ3) is 5.41. The van der Waals surface area contributed by atoms with Crippen LogP contribution in [0.2, 0.25) is 0 Å². The smallest absolute Gasteiger partial charge is 0.247 e. The number of nitrogens with zero attached hydrogens (tertiary/aromatic N) is 3. The van der Waals surface area contributed by atoms with E-state index in [1.807, 2.05) is 67.3 Å². The Labute approximate surface area is 201 Å². The molecule has 2 N–H and O–H groups in total. The van der Waals surface area contributed by atoms with Crippen molar-refractivity contribution in [3.05, 3.63) is 102 Å². The summed E-state index contributed by atoms with van der Waals surface area (Å²) in [4.78, 5) is 17.8. The first kappa shape index (κ1) is 23.4. The predicted octanol–water partition coefficient (Wildman–Crippen LogP) is 5.17. The van der Waals surface area contributed by atoms with E-state index in [9.17, 15) is 4.79 Å². The van der Waals surface area contributed by atoms with Gasteiger partial charge < -0.3 is 10.6 Å². The van der Waals surface area contributed by atoms with Crippen LogP contribution in [0.1, 0.15) is 41.3 Å². The Morgan fingerprint density at radius 1 is 0.941 bits per heavy atom. The van der Waals surface area contributed by atoms with E-state index in [-0.39, 0.29) is 11.8 Å². The molecule has 0 fully saturated rings. The minimum atomic E-state index is -0.490. The topological polar surface area (TPSA) is 71.8 Å². The summed E-state index contributed by atoms with van der Waals surface area (Å²) in [7, 11) is 1.91. The number of hydrogen-bond donors (Lipinski definition) is 2. The van der Waals surface area contributed by atoms with Crippen LogP contribution in [-0.2, 0) is 11.8 Å². The zero-order valence-corrected chi connectivity index (χ0v) is 20.1. The lowest BCUT2D eigenvalue weighted by Gasteiger charge is -2.21. The van der Waals surface area contributed by atoms with Crippen LogP contribution in [-0.4, -0.2) is 27.2 Å². The maximum atomic E-state index is 13.3. The normalized spacial score (nSPS) is 12.8. The zero-order valence-electron chi connectivity index (χ0n) is 20.1. The number of amides is 1. The lowest BCUT2D eigenvalue weighted by atomic mass is 9.98. The van der Waals surface area contributed by atoms with Gasteiger partial charge in [-0.05, 0) is 43.0 Å². The summed E-state index contributed by atoms with van der Waals surface area (Å²) in [6.07, 6.45) is 3.60. The molecule has 0 unspecified atom stereocenters. The summed E-state index contributed by atoms with van der Waals surface area (Å²) in [5.74, 6) is 0.643. The van der Waals surface area contributed by atoms with E-state index in [1.165, 1.54) is 11.1 Å². The first-order chi connectivity index (χ1) is 16.4. The van der Waals surface area contributed by atoms with Crippen LogP contribution in [0.5, 0.6) is 0 Å². The molecule has 0 bridgehead atoms. The van der Waals surface area contributed by atoms with Gasteiger partial charge in [-0.3, -0.25) is 9.48 Å². The second kappa shape index (κ2) is 10.4. The van der Waals surface area contributed by atoms with Crippen LogP contribution in [0.3, 0.4) is 0 Å². The highest BCUT2D eigenvalue weighted by molar-refractivity contribution is 5.95. The molecular formula is C28H31N5O. The van der Waals surface area contributed by atoms with Gasteiger partial charge in [-0.15, -0.1) is 0 Å². The van der Waals surface area contributed by atoms with Gasteiger partial charge in [-0.1, -0.05) is 67.1 Å². The standard InChI is InChI=1S/C28H31N5O/c1-19-10-12-22(13-11-19)20(2)16-30-27(23-8-6-5-7-9-23)28(34)32-26-15-14-24(17-29-26)25-18-31-33(4)21(25)3/h5-15,17-18,20,27,30H,16H2,1-4H3,(H,29,32,34)/t20-,27-/m1/s1. The molecule has 0 spiro atoms. The molecule has 2 aromatic carbocycles. The second-order valence-electron chi connectivity index (χ2n) is 8.75. The average Bonchev–Trinajstić information content (AvgIpc) is 3.19. The van der Waals surface area contributed by atoms with Crippen molar-refractivity contribution < 1.29 is 4.79 Å². The predicted molar refractivity (Wildman–Crippen MR) is 137 cm³/mol. The van der Waals surface area contributed by atoms with E-state index >= 15 is 0 Å². The number of nitrogens with one attached hydrogen (secondary N) is 2. The fourth-order valence-corrected chi connectivity index (χ4v) is 3.92. The summed E-state index contributed by atoms with van der Waals surface area (Å²) in [5, 5.41) is 10.7. The van der Waals surface area contributed by atoms with Crippen molar-refractivity contribution >= 4 is 11.7 Å². The Bertz CT molecular complexity index is 1230. The molecule has 174 valence electrons. The molecule has 0 saturated heterocycles. The summed E-state index contributed by atoms with van der Waals surface area (Å²) in [6, 6.07) is 21.6. The van der Waals surface area contributed by atoms with Gasteiger partial charge in [0, 0.05) is 36.6 Å². The zero-order chi connectivity index (χ0) is 24.1. The molecule has 2 aromatic heterocycles. The highest BCUT2D eigenvalue weighted by Gasteiger charge is 2.22. The molecule has 34 heavy (non-hydrogen) atoms. The number of carbonyl (C=O) groups excluding carboxylic acids is 1. The van der Waals surface area contributed by atoms with E-state index in [0.29, 0.717) is 12.4 Å². The molecule has 0 radical (unpaired) electrons. The first-order valence-electron chi connectivity index (χ1n) is 11.5. The van der Waals surface area contributed by atoms with Gasteiger partial charge >= 0.3 is 0 Å². The van der Waals surface area contributed by atoms with Gasteiger partial charge in [0.25, 0.3) is 0 Å². The van der Waals surface area contributed by atoms with Gasteiger partial charge in [0.2, 0.25) is 5.91 Å². The van der Waals surface area contributed by atoms with Gasteiger partial charge in [0.05, 0.1) is 6.20 Å². The Balaban J connectivity index is 1.47. The molecule has 2 heterocycles. The maximum Gasteiger partial charge on any atom is 0.247 e. The maximum absolute atomic E-state index is 13.3. The van der Waals surface area contributed by atoms with Gasteiger partial charge in [0.15, 0.2) is 0 Å². The van der Waals surface area contributed by atoms with Crippen molar-refractivity contribution in [3.63, 3.8) is 0 Å². The Kier molecular flexibility index (Phi) is 7.18. The van der Waals surface area contributed by atoms with Crippen LogP contribution >= 0.6 is 0 Å². The molecule has 2 atom stereocenters. The monoisotopic (exact) mass is 453 g/mol. The molecule has 0 aliphatic heterocycles. The van der Waals surface area contributed by atoms with Crippen molar-refractivity contribution in [2.75, 3.05) is 11.9 Å². The molecule has 6 nitrogen and oxygen atoms in total. The van der Waals surface area contributed by atoms with Gasteiger partial charge in [0.1, 0.15) is 11.9 Å². The van der Waals surface area contributed by atoms with Crippen molar-refractivity contribution in [2.45, 2.75) is 32.7 Å². The van der Waals surface area contributed by atoms with E-state index in [2.05, 4.69) is 58.8 Å². The highest BCUT2D eigenvalue weighted by atomic mass is 16.2. The van der Waals surface area contributed by atoms with Gasteiger partial charge in [-0.2, -0.15) is 5.10 Å². The molecule has 0 aliphatic carbocycles.